The van der Waals surface area contributed by atoms with Crippen molar-refractivity contribution in [3.63, 3.8) is 0 Å². The molecule has 1 saturated heterocycles. The summed E-state index contributed by atoms with van der Waals surface area (Å²) in [6.45, 7) is 10.6. The van der Waals surface area contributed by atoms with Crippen LogP contribution in [0.15, 0.2) is 0 Å². The van der Waals surface area contributed by atoms with Crippen molar-refractivity contribution in [3.8, 4) is 0 Å². The molecular formula is C12H23NO. The molecule has 1 fully saturated rings. The highest BCUT2D eigenvalue weighted by molar-refractivity contribution is 5.76. The lowest BCUT2D eigenvalue weighted by molar-refractivity contribution is -0.135. The fraction of sp³-hybridized carbons (Fsp3) is 0.917. The quantitative estimate of drug-likeness (QED) is 0.666. The van der Waals surface area contributed by atoms with E-state index in [9.17, 15) is 4.79 Å². The van der Waals surface area contributed by atoms with Gasteiger partial charge < -0.3 is 4.90 Å². The standard InChI is InChI=1S/C12H23NO/c1-10(2)8-11(14)13-7-5-6-12(3,4)9-13/h10H,5-9H2,1-4H3. The smallest absolute Gasteiger partial charge is 0.222 e. The van der Waals surface area contributed by atoms with Gasteiger partial charge in [0, 0.05) is 19.5 Å². The second kappa shape index (κ2) is 4.33. The SMILES string of the molecule is CC(C)CC(=O)N1CCCC(C)(C)C1. The first-order valence-corrected chi connectivity index (χ1v) is 5.68. The molecule has 1 heterocycles. The van der Waals surface area contributed by atoms with E-state index in [0.717, 1.165) is 19.5 Å². The number of hydrogen-bond acceptors (Lipinski definition) is 1. The van der Waals surface area contributed by atoms with Crippen LogP contribution in [0.1, 0.15) is 47.0 Å². The van der Waals surface area contributed by atoms with Crippen LogP contribution in [-0.4, -0.2) is 23.9 Å². The van der Waals surface area contributed by atoms with E-state index in [0.29, 0.717) is 23.7 Å². The number of nitrogens with zero attached hydrogens (tertiary/aromatic N) is 1. The molecule has 1 aliphatic rings. The highest BCUT2D eigenvalue weighted by atomic mass is 16.2. The van der Waals surface area contributed by atoms with E-state index < -0.39 is 0 Å². The van der Waals surface area contributed by atoms with E-state index in [4.69, 9.17) is 0 Å². The zero-order chi connectivity index (χ0) is 10.8. The molecule has 14 heavy (non-hydrogen) atoms. The minimum Gasteiger partial charge on any atom is -0.342 e. The van der Waals surface area contributed by atoms with Gasteiger partial charge in [0.05, 0.1) is 0 Å². The molecule has 0 bridgehead atoms. The molecule has 1 amide bonds. The first-order chi connectivity index (χ1) is 6.41. The number of likely N-dealkylation sites (tertiary alicyclic amines) is 1. The number of piperidine rings is 1. The molecule has 0 aliphatic carbocycles. The van der Waals surface area contributed by atoms with Gasteiger partial charge in [-0.25, -0.2) is 0 Å². The zero-order valence-corrected chi connectivity index (χ0v) is 9.97. The van der Waals surface area contributed by atoms with Crippen molar-refractivity contribution in [1.82, 2.24) is 4.90 Å². The van der Waals surface area contributed by atoms with Gasteiger partial charge in [0.25, 0.3) is 0 Å². The Morgan fingerprint density at radius 3 is 2.57 bits per heavy atom. The molecule has 2 nitrogen and oxygen atoms in total. The summed E-state index contributed by atoms with van der Waals surface area (Å²) in [4.78, 5) is 13.9. The van der Waals surface area contributed by atoms with Crippen LogP contribution in [-0.2, 0) is 4.79 Å². The Labute approximate surface area is 87.7 Å². The summed E-state index contributed by atoms with van der Waals surface area (Å²) in [5, 5.41) is 0. The Bertz CT molecular complexity index is 208. The second-order valence-corrected chi connectivity index (χ2v) is 5.68. The van der Waals surface area contributed by atoms with Crippen LogP contribution in [0.3, 0.4) is 0 Å². The molecule has 0 unspecified atom stereocenters. The van der Waals surface area contributed by atoms with Gasteiger partial charge in [0.1, 0.15) is 0 Å². The van der Waals surface area contributed by atoms with E-state index in [2.05, 4.69) is 27.7 Å². The van der Waals surface area contributed by atoms with Crippen molar-refractivity contribution in [3.05, 3.63) is 0 Å². The third kappa shape index (κ3) is 3.32. The number of rotatable bonds is 2. The normalized spacial score (nSPS) is 21.4. The number of amides is 1. The minimum absolute atomic E-state index is 0.324. The van der Waals surface area contributed by atoms with Crippen LogP contribution in [0.2, 0.25) is 0 Å². The highest BCUT2D eigenvalue weighted by Gasteiger charge is 2.28. The molecule has 0 atom stereocenters. The molecule has 1 aliphatic heterocycles. The molecule has 0 spiro atoms. The van der Waals surface area contributed by atoms with Crippen LogP contribution < -0.4 is 0 Å². The number of carbonyl (C=O) groups is 1. The fourth-order valence-electron chi connectivity index (χ4n) is 2.11. The van der Waals surface area contributed by atoms with Gasteiger partial charge in [0.15, 0.2) is 0 Å². The molecule has 0 aromatic heterocycles. The molecule has 0 aromatic rings. The summed E-state index contributed by atoms with van der Waals surface area (Å²) in [5.41, 5.74) is 0.324. The van der Waals surface area contributed by atoms with E-state index in [-0.39, 0.29) is 0 Å². The van der Waals surface area contributed by atoms with Crippen molar-refractivity contribution in [2.75, 3.05) is 13.1 Å². The van der Waals surface area contributed by atoms with Gasteiger partial charge in [-0.2, -0.15) is 0 Å². The maximum atomic E-state index is 11.8. The summed E-state index contributed by atoms with van der Waals surface area (Å²) in [6.07, 6.45) is 3.12. The zero-order valence-electron chi connectivity index (χ0n) is 9.97. The van der Waals surface area contributed by atoms with Crippen LogP contribution in [0.25, 0.3) is 0 Å². The third-order valence-electron chi connectivity index (χ3n) is 2.84. The van der Waals surface area contributed by atoms with E-state index in [1.807, 2.05) is 4.90 Å². The predicted molar refractivity (Wildman–Crippen MR) is 59.1 cm³/mol. The monoisotopic (exact) mass is 197 g/mol. The van der Waals surface area contributed by atoms with Crippen molar-refractivity contribution in [1.29, 1.82) is 0 Å². The van der Waals surface area contributed by atoms with Gasteiger partial charge in [0.2, 0.25) is 5.91 Å². The minimum atomic E-state index is 0.324. The molecule has 2 heteroatoms. The average molecular weight is 197 g/mol. The largest absolute Gasteiger partial charge is 0.342 e. The van der Waals surface area contributed by atoms with E-state index in [1.54, 1.807) is 0 Å². The summed E-state index contributed by atoms with van der Waals surface area (Å²) < 4.78 is 0. The first kappa shape index (κ1) is 11.5. The highest BCUT2D eigenvalue weighted by Crippen LogP contribution is 2.28. The summed E-state index contributed by atoms with van der Waals surface area (Å²) in [6, 6.07) is 0. The molecule has 0 N–H and O–H groups in total. The first-order valence-electron chi connectivity index (χ1n) is 5.68. The van der Waals surface area contributed by atoms with Crippen molar-refractivity contribution in [2.24, 2.45) is 11.3 Å². The third-order valence-corrected chi connectivity index (χ3v) is 2.84. The Morgan fingerprint density at radius 2 is 2.07 bits per heavy atom. The molecule has 0 radical (unpaired) electrons. The van der Waals surface area contributed by atoms with Gasteiger partial charge in [-0.1, -0.05) is 27.7 Å². The topological polar surface area (TPSA) is 20.3 Å². The van der Waals surface area contributed by atoms with Crippen LogP contribution in [0.5, 0.6) is 0 Å². The molecular weight excluding hydrogens is 174 g/mol. The summed E-state index contributed by atoms with van der Waals surface area (Å²) in [7, 11) is 0. The van der Waals surface area contributed by atoms with Crippen LogP contribution in [0.4, 0.5) is 0 Å². The lowest BCUT2D eigenvalue weighted by atomic mass is 9.84. The molecule has 82 valence electrons. The Morgan fingerprint density at radius 1 is 1.43 bits per heavy atom. The number of carbonyl (C=O) groups excluding carboxylic acids is 1. The van der Waals surface area contributed by atoms with Gasteiger partial charge >= 0.3 is 0 Å². The molecule has 0 saturated carbocycles. The van der Waals surface area contributed by atoms with Crippen molar-refractivity contribution in [2.45, 2.75) is 47.0 Å². The Hall–Kier alpha value is -0.530. The number of hydrogen-bond donors (Lipinski definition) is 0. The van der Waals surface area contributed by atoms with Gasteiger partial charge in [-0.3, -0.25) is 4.79 Å². The average Bonchev–Trinajstić information content (AvgIpc) is 2.01. The van der Waals surface area contributed by atoms with Crippen molar-refractivity contribution >= 4 is 5.91 Å². The van der Waals surface area contributed by atoms with Gasteiger partial charge in [-0.15, -0.1) is 0 Å². The lowest BCUT2D eigenvalue weighted by Crippen LogP contribution is -2.43. The lowest BCUT2D eigenvalue weighted by Gasteiger charge is -2.38. The maximum Gasteiger partial charge on any atom is 0.222 e. The van der Waals surface area contributed by atoms with E-state index >= 15 is 0 Å². The van der Waals surface area contributed by atoms with Crippen molar-refractivity contribution < 1.29 is 4.79 Å². The fourth-order valence-corrected chi connectivity index (χ4v) is 2.11. The molecule has 0 aromatic carbocycles. The Balaban J connectivity index is 2.48. The molecule has 1 rings (SSSR count). The second-order valence-electron chi connectivity index (χ2n) is 5.68. The summed E-state index contributed by atoms with van der Waals surface area (Å²) in [5.74, 6) is 0.820. The van der Waals surface area contributed by atoms with Crippen LogP contribution in [0, 0.1) is 11.3 Å². The maximum absolute atomic E-state index is 11.8. The van der Waals surface area contributed by atoms with Gasteiger partial charge in [-0.05, 0) is 24.2 Å². The predicted octanol–water partition coefficient (Wildman–Crippen LogP) is 2.68. The Kier molecular flexibility index (Phi) is 3.57. The summed E-state index contributed by atoms with van der Waals surface area (Å²) >= 11 is 0. The van der Waals surface area contributed by atoms with Crippen LogP contribution >= 0.6 is 0 Å². The van der Waals surface area contributed by atoms with E-state index in [1.165, 1.54) is 6.42 Å².